The molecule has 0 bridgehead atoms. The monoisotopic (exact) mass is 122 g/mol. The zero-order valence-corrected chi connectivity index (χ0v) is 5.95. The van der Waals surface area contributed by atoms with Crippen LogP contribution in [0.4, 0.5) is 0 Å². The third-order valence-electron chi connectivity index (χ3n) is 2.99. The van der Waals surface area contributed by atoms with Crippen LogP contribution < -0.4 is 0 Å². The minimum absolute atomic E-state index is 0.693. The lowest BCUT2D eigenvalue weighted by Gasteiger charge is -2.23. The van der Waals surface area contributed by atoms with Crippen LogP contribution in [-0.2, 0) is 0 Å². The van der Waals surface area contributed by atoms with E-state index in [1.54, 1.807) is 5.57 Å². The van der Waals surface area contributed by atoms with Gasteiger partial charge in [-0.05, 0) is 37.5 Å². The lowest BCUT2D eigenvalue weighted by atomic mass is 9.82. The van der Waals surface area contributed by atoms with Gasteiger partial charge in [0.05, 0.1) is 0 Å². The molecule has 0 saturated heterocycles. The van der Waals surface area contributed by atoms with Gasteiger partial charge in [0.2, 0.25) is 0 Å². The van der Waals surface area contributed by atoms with Crippen molar-refractivity contribution in [1.82, 2.24) is 0 Å². The molecule has 0 N–H and O–H groups in total. The average Bonchev–Trinajstić information content (AvgIpc) is 2.60. The fraction of sp³-hybridized carbons (Fsp3) is 0.778. The zero-order chi connectivity index (χ0) is 6.32. The number of rotatable bonds is 0. The second kappa shape index (κ2) is 1.62. The van der Waals surface area contributed by atoms with Gasteiger partial charge in [-0.15, -0.1) is 0 Å². The molecule has 2 aliphatic rings. The second-order valence-corrected chi connectivity index (χ2v) is 3.59. The summed E-state index contributed by atoms with van der Waals surface area (Å²) in [5, 5.41) is 0. The Labute approximate surface area is 57.0 Å². The van der Waals surface area contributed by atoms with Gasteiger partial charge in [-0.1, -0.05) is 18.6 Å². The Morgan fingerprint density at radius 3 is 2.33 bits per heavy atom. The van der Waals surface area contributed by atoms with Crippen molar-refractivity contribution in [3.63, 3.8) is 0 Å². The fourth-order valence-corrected chi connectivity index (χ4v) is 2.00. The quantitative estimate of drug-likeness (QED) is 0.433. The summed E-state index contributed by atoms with van der Waals surface area (Å²) < 4.78 is 0. The van der Waals surface area contributed by atoms with Crippen LogP contribution >= 0.6 is 0 Å². The first kappa shape index (κ1) is 5.52. The zero-order valence-electron chi connectivity index (χ0n) is 5.95. The molecule has 2 rings (SSSR count). The van der Waals surface area contributed by atoms with Crippen LogP contribution in [0.5, 0.6) is 0 Å². The molecule has 0 aliphatic heterocycles. The molecule has 1 spiro atoms. The second-order valence-electron chi connectivity index (χ2n) is 3.59. The molecule has 0 amide bonds. The highest BCUT2D eigenvalue weighted by atomic mass is 14.5. The number of hydrogen-bond donors (Lipinski definition) is 0. The summed E-state index contributed by atoms with van der Waals surface area (Å²) in [6, 6.07) is 0. The minimum Gasteiger partial charge on any atom is -0.0993 e. The van der Waals surface area contributed by atoms with Crippen LogP contribution in [0.15, 0.2) is 12.2 Å². The predicted octanol–water partition coefficient (Wildman–Crippen LogP) is 2.90. The minimum atomic E-state index is 0.693. The summed E-state index contributed by atoms with van der Waals surface area (Å²) in [6.45, 7) is 4.13. The summed E-state index contributed by atoms with van der Waals surface area (Å²) in [6.07, 6.45) is 8.53. The molecular weight excluding hydrogens is 108 g/mol. The topological polar surface area (TPSA) is 0 Å². The van der Waals surface area contributed by atoms with E-state index in [4.69, 9.17) is 0 Å². The molecule has 2 fully saturated rings. The third-order valence-corrected chi connectivity index (χ3v) is 2.99. The van der Waals surface area contributed by atoms with Gasteiger partial charge in [0, 0.05) is 0 Å². The van der Waals surface area contributed by atoms with Crippen molar-refractivity contribution in [2.24, 2.45) is 5.41 Å². The lowest BCUT2D eigenvalue weighted by molar-refractivity contribution is 0.438. The normalized spacial score (nSPS) is 30.9. The Morgan fingerprint density at radius 1 is 1.11 bits per heavy atom. The summed E-state index contributed by atoms with van der Waals surface area (Å²) in [5.41, 5.74) is 2.26. The first-order chi connectivity index (χ1) is 4.33. The molecular formula is C9H14. The molecule has 9 heavy (non-hydrogen) atoms. The van der Waals surface area contributed by atoms with E-state index in [0.717, 1.165) is 0 Å². The maximum Gasteiger partial charge on any atom is -0.00901 e. The number of hydrogen-bond acceptors (Lipinski definition) is 0. The third kappa shape index (κ3) is 0.726. The number of allylic oxidation sites excluding steroid dienone is 1. The van der Waals surface area contributed by atoms with Crippen LogP contribution in [0.1, 0.15) is 38.5 Å². The predicted molar refractivity (Wildman–Crippen MR) is 39.3 cm³/mol. The van der Waals surface area contributed by atoms with Gasteiger partial charge >= 0.3 is 0 Å². The molecule has 0 radical (unpaired) electrons. The maximum absolute atomic E-state index is 4.13. The summed E-state index contributed by atoms with van der Waals surface area (Å²) in [7, 11) is 0. The Balaban J connectivity index is 2.12. The van der Waals surface area contributed by atoms with Crippen molar-refractivity contribution in [1.29, 1.82) is 0 Å². The molecule has 2 aliphatic carbocycles. The van der Waals surface area contributed by atoms with Gasteiger partial charge < -0.3 is 0 Å². The van der Waals surface area contributed by atoms with E-state index in [2.05, 4.69) is 6.58 Å². The van der Waals surface area contributed by atoms with E-state index in [9.17, 15) is 0 Å². The van der Waals surface area contributed by atoms with Gasteiger partial charge in [-0.2, -0.15) is 0 Å². The van der Waals surface area contributed by atoms with Crippen molar-refractivity contribution >= 4 is 0 Å². The Morgan fingerprint density at radius 2 is 1.89 bits per heavy atom. The van der Waals surface area contributed by atoms with E-state index >= 15 is 0 Å². The van der Waals surface area contributed by atoms with Crippen molar-refractivity contribution in [2.75, 3.05) is 0 Å². The molecule has 0 atom stereocenters. The molecule has 2 saturated carbocycles. The van der Waals surface area contributed by atoms with Crippen molar-refractivity contribution in [2.45, 2.75) is 38.5 Å². The molecule has 50 valence electrons. The van der Waals surface area contributed by atoms with Crippen molar-refractivity contribution < 1.29 is 0 Å². The van der Waals surface area contributed by atoms with Crippen LogP contribution in [0.25, 0.3) is 0 Å². The van der Waals surface area contributed by atoms with Crippen LogP contribution in [0, 0.1) is 5.41 Å². The summed E-state index contributed by atoms with van der Waals surface area (Å²) in [5.74, 6) is 0. The standard InChI is InChI=1S/C9H14/c1-8-4-2-3-5-9(8)6-7-9/h1-7H2. The Kier molecular flexibility index (Phi) is 0.992. The fourth-order valence-electron chi connectivity index (χ4n) is 2.00. The lowest BCUT2D eigenvalue weighted by Crippen LogP contribution is -2.08. The highest BCUT2D eigenvalue weighted by Crippen LogP contribution is 2.58. The summed E-state index contributed by atoms with van der Waals surface area (Å²) in [4.78, 5) is 0. The summed E-state index contributed by atoms with van der Waals surface area (Å²) >= 11 is 0. The van der Waals surface area contributed by atoms with Gasteiger partial charge in [0.15, 0.2) is 0 Å². The van der Waals surface area contributed by atoms with Crippen LogP contribution in [0.3, 0.4) is 0 Å². The average molecular weight is 122 g/mol. The van der Waals surface area contributed by atoms with Crippen molar-refractivity contribution in [3.8, 4) is 0 Å². The Hall–Kier alpha value is -0.260. The SMILES string of the molecule is C=C1CCCCC12CC2. The van der Waals surface area contributed by atoms with Gasteiger partial charge in [-0.25, -0.2) is 0 Å². The first-order valence-electron chi connectivity index (χ1n) is 4.02. The molecule has 0 nitrogen and oxygen atoms in total. The Bertz CT molecular complexity index is 140. The van der Waals surface area contributed by atoms with Gasteiger partial charge in [0.25, 0.3) is 0 Å². The first-order valence-corrected chi connectivity index (χ1v) is 4.02. The van der Waals surface area contributed by atoms with Crippen LogP contribution in [0.2, 0.25) is 0 Å². The highest BCUT2D eigenvalue weighted by molar-refractivity contribution is 5.20. The van der Waals surface area contributed by atoms with Gasteiger partial charge in [0.1, 0.15) is 0 Å². The van der Waals surface area contributed by atoms with E-state index in [-0.39, 0.29) is 0 Å². The molecule has 0 aromatic rings. The van der Waals surface area contributed by atoms with E-state index in [1.165, 1.54) is 38.5 Å². The highest BCUT2D eigenvalue weighted by Gasteiger charge is 2.45. The molecule has 0 heteroatoms. The van der Waals surface area contributed by atoms with E-state index in [1.807, 2.05) is 0 Å². The van der Waals surface area contributed by atoms with E-state index in [0.29, 0.717) is 5.41 Å². The molecule has 0 unspecified atom stereocenters. The largest absolute Gasteiger partial charge is 0.0993 e. The van der Waals surface area contributed by atoms with Crippen molar-refractivity contribution in [3.05, 3.63) is 12.2 Å². The molecule has 0 heterocycles. The van der Waals surface area contributed by atoms with Gasteiger partial charge in [-0.3, -0.25) is 0 Å². The van der Waals surface area contributed by atoms with Crippen LogP contribution in [-0.4, -0.2) is 0 Å². The van der Waals surface area contributed by atoms with E-state index < -0.39 is 0 Å². The molecule has 0 aromatic carbocycles. The maximum atomic E-state index is 4.13. The molecule has 0 aromatic heterocycles. The smallest absolute Gasteiger partial charge is 0.00901 e.